The van der Waals surface area contributed by atoms with Crippen molar-refractivity contribution in [2.75, 3.05) is 7.11 Å². The van der Waals surface area contributed by atoms with E-state index in [4.69, 9.17) is 9.26 Å². The summed E-state index contributed by atoms with van der Waals surface area (Å²) in [7, 11) is 1.60. The van der Waals surface area contributed by atoms with Gasteiger partial charge in [-0.25, -0.2) is 0 Å². The first kappa shape index (κ1) is 14.2. The van der Waals surface area contributed by atoms with Crippen LogP contribution in [0, 0.1) is 0 Å². The van der Waals surface area contributed by atoms with E-state index in [1.54, 1.807) is 18.6 Å². The Hall–Kier alpha value is -2.74. The Kier molecular flexibility index (Phi) is 4.10. The largest absolute Gasteiger partial charge is 0.497 e. The van der Waals surface area contributed by atoms with Gasteiger partial charge in [0.2, 0.25) is 0 Å². The Morgan fingerprint density at radius 3 is 2.86 bits per heavy atom. The normalized spacial score (nSPS) is 10.4. The van der Waals surface area contributed by atoms with Gasteiger partial charge in [0, 0.05) is 17.0 Å². The number of rotatable bonds is 5. The zero-order chi connectivity index (χ0) is 15.4. The van der Waals surface area contributed by atoms with Crippen molar-refractivity contribution in [2.24, 2.45) is 0 Å². The van der Waals surface area contributed by atoms with Crippen molar-refractivity contribution in [3.05, 3.63) is 47.1 Å². The smallest absolute Gasteiger partial charge is 0.273 e. The van der Waals surface area contributed by atoms with Crippen molar-refractivity contribution in [2.45, 2.75) is 6.54 Å². The monoisotopic (exact) mass is 316 g/mol. The number of carbonyl (C=O) groups is 1. The molecule has 3 rings (SSSR count). The molecule has 2 heterocycles. The van der Waals surface area contributed by atoms with Crippen LogP contribution < -0.4 is 10.1 Å². The quantitative estimate of drug-likeness (QED) is 0.775. The number of hydrogen-bond donors (Lipinski definition) is 1. The summed E-state index contributed by atoms with van der Waals surface area (Å²) in [6.07, 6.45) is 0. The maximum absolute atomic E-state index is 12.0. The Morgan fingerprint density at radius 2 is 2.18 bits per heavy atom. The van der Waals surface area contributed by atoms with Crippen molar-refractivity contribution in [3.63, 3.8) is 0 Å². The van der Waals surface area contributed by atoms with Crippen LogP contribution in [0.2, 0.25) is 0 Å². The van der Waals surface area contributed by atoms with Crippen LogP contribution in [0.3, 0.4) is 0 Å². The molecule has 0 saturated heterocycles. The molecule has 112 valence electrons. The number of methoxy groups -OCH3 is 1. The van der Waals surface area contributed by atoms with Gasteiger partial charge in [-0.3, -0.25) is 4.79 Å². The van der Waals surface area contributed by atoms with E-state index in [1.807, 2.05) is 24.3 Å². The Balaban J connectivity index is 1.68. The fourth-order valence-corrected chi connectivity index (χ4v) is 2.25. The highest BCUT2D eigenvalue weighted by molar-refractivity contribution is 7.03. The lowest BCUT2D eigenvalue weighted by Crippen LogP contribution is -2.23. The van der Waals surface area contributed by atoms with E-state index in [0.29, 0.717) is 18.0 Å². The van der Waals surface area contributed by atoms with Crippen molar-refractivity contribution in [1.29, 1.82) is 0 Å². The summed E-state index contributed by atoms with van der Waals surface area (Å²) in [5.41, 5.74) is 1.74. The molecule has 0 unspecified atom stereocenters. The third kappa shape index (κ3) is 3.12. The van der Waals surface area contributed by atoms with Gasteiger partial charge in [0.05, 0.1) is 19.3 Å². The van der Waals surface area contributed by atoms with E-state index in [1.165, 1.54) is 11.5 Å². The Labute approximate surface area is 130 Å². The molecule has 0 aliphatic carbocycles. The maximum Gasteiger partial charge on any atom is 0.273 e. The zero-order valence-corrected chi connectivity index (χ0v) is 12.5. The average molecular weight is 316 g/mol. The summed E-state index contributed by atoms with van der Waals surface area (Å²) < 4.78 is 14.0. The number of benzene rings is 1. The molecule has 0 radical (unpaired) electrons. The van der Waals surface area contributed by atoms with Crippen LogP contribution in [-0.2, 0) is 6.54 Å². The van der Waals surface area contributed by atoms with Gasteiger partial charge in [-0.05, 0) is 35.8 Å². The molecule has 0 saturated carbocycles. The molecule has 0 fully saturated rings. The minimum absolute atomic E-state index is 0.217. The molecule has 7 nitrogen and oxygen atoms in total. The van der Waals surface area contributed by atoms with Gasteiger partial charge in [-0.2, -0.15) is 0 Å². The zero-order valence-electron chi connectivity index (χ0n) is 11.6. The summed E-state index contributed by atoms with van der Waals surface area (Å²) in [4.78, 5) is 12.0. The van der Waals surface area contributed by atoms with Gasteiger partial charge in [-0.1, -0.05) is 9.64 Å². The number of nitrogens with one attached hydrogen (secondary N) is 1. The molecule has 1 aromatic carbocycles. The summed E-state index contributed by atoms with van der Waals surface area (Å²) in [5, 5.41) is 12.1. The number of nitrogens with zero attached hydrogens (tertiary/aromatic N) is 3. The highest BCUT2D eigenvalue weighted by Crippen LogP contribution is 2.23. The molecule has 1 N–H and O–H groups in total. The second-order valence-electron chi connectivity index (χ2n) is 4.38. The third-order valence-electron chi connectivity index (χ3n) is 2.95. The first-order valence-electron chi connectivity index (χ1n) is 6.41. The summed E-state index contributed by atoms with van der Waals surface area (Å²) >= 11 is 1.23. The van der Waals surface area contributed by atoms with E-state index >= 15 is 0 Å². The second kappa shape index (κ2) is 6.35. The lowest BCUT2D eigenvalue weighted by Gasteiger charge is -1.99. The van der Waals surface area contributed by atoms with Gasteiger partial charge in [-0.15, -0.1) is 5.10 Å². The molecule has 0 atom stereocenters. The second-order valence-corrected chi connectivity index (χ2v) is 4.99. The van der Waals surface area contributed by atoms with Crippen molar-refractivity contribution >= 4 is 17.4 Å². The topological polar surface area (TPSA) is 90.1 Å². The van der Waals surface area contributed by atoms with E-state index in [0.717, 1.165) is 11.3 Å². The van der Waals surface area contributed by atoms with E-state index in [2.05, 4.69) is 20.1 Å². The highest BCUT2D eigenvalue weighted by atomic mass is 32.1. The Bertz CT molecular complexity index is 753. The van der Waals surface area contributed by atoms with Gasteiger partial charge in [0.15, 0.2) is 11.5 Å². The number of ether oxygens (including phenoxy) is 1. The lowest BCUT2D eigenvalue weighted by molar-refractivity contribution is 0.0941. The molecule has 0 bridgehead atoms. The molecular weight excluding hydrogens is 304 g/mol. The van der Waals surface area contributed by atoms with Crippen LogP contribution in [-0.4, -0.2) is 27.8 Å². The molecule has 8 heteroatoms. The fraction of sp³-hybridized carbons (Fsp3) is 0.143. The van der Waals surface area contributed by atoms with Crippen LogP contribution in [0.5, 0.6) is 5.75 Å². The van der Waals surface area contributed by atoms with Crippen LogP contribution in [0.1, 0.15) is 16.2 Å². The van der Waals surface area contributed by atoms with E-state index in [-0.39, 0.29) is 11.6 Å². The summed E-state index contributed by atoms with van der Waals surface area (Å²) in [5.74, 6) is 0.942. The third-order valence-corrected chi connectivity index (χ3v) is 3.51. The van der Waals surface area contributed by atoms with Crippen LogP contribution in [0.4, 0.5) is 0 Å². The molecular formula is C14H12N4O3S. The molecule has 0 spiro atoms. The number of amides is 1. The molecule has 3 aromatic rings. The van der Waals surface area contributed by atoms with Crippen LogP contribution >= 0.6 is 11.5 Å². The predicted molar refractivity (Wildman–Crippen MR) is 79.6 cm³/mol. The lowest BCUT2D eigenvalue weighted by atomic mass is 10.1. The van der Waals surface area contributed by atoms with Crippen molar-refractivity contribution in [1.82, 2.24) is 20.1 Å². The van der Waals surface area contributed by atoms with Crippen LogP contribution in [0.25, 0.3) is 11.3 Å². The van der Waals surface area contributed by atoms with E-state index in [9.17, 15) is 4.79 Å². The highest BCUT2D eigenvalue weighted by Gasteiger charge is 2.14. The van der Waals surface area contributed by atoms with Gasteiger partial charge in [0.25, 0.3) is 5.91 Å². The number of carbonyl (C=O) groups excluding carboxylic acids is 1. The predicted octanol–water partition coefficient (Wildman–Crippen LogP) is 2.13. The van der Waals surface area contributed by atoms with Gasteiger partial charge >= 0.3 is 0 Å². The van der Waals surface area contributed by atoms with Gasteiger partial charge < -0.3 is 14.6 Å². The van der Waals surface area contributed by atoms with E-state index < -0.39 is 0 Å². The first-order valence-corrected chi connectivity index (χ1v) is 7.25. The minimum atomic E-state index is -0.323. The van der Waals surface area contributed by atoms with Crippen molar-refractivity contribution in [3.8, 4) is 17.1 Å². The molecule has 0 aliphatic rings. The number of hydrogen-bond acceptors (Lipinski definition) is 7. The SMILES string of the molecule is COc1ccc(-c2cc(C(=O)NCc3csnn3)no2)cc1. The fourth-order valence-electron chi connectivity index (χ4n) is 1.80. The molecule has 1 amide bonds. The Morgan fingerprint density at radius 1 is 1.36 bits per heavy atom. The summed E-state index contributed by atoms with van der Waals surface area (Å²) in [6.45, 7) is 0.306. The van der Waals surface area contributed by atoms with Crippen molar-refractivity contribution < 1.29 is 14.1 Å². The van der Waals surface area contributed by atoms with Crippen LogP contribution in [0.15, 0.2) is 40.2 Å². The maximum atomic E-state index is 12.0. The summed E-state index contributed by atoms with van der Waals surface area (Å²) in [6, 6.07) is 8.89. The first-order chi connectivity index (χ1) is 10.8. The molecule has 22 heavy (non-hydrogen) atoms. The minimum Gasteiger partial charge on any atom is -0.497 e. The standard InChI is InChI=1S/C14H12N4O3S/c1-20-11-4-2-9(3-5-11)13-6-12(17-21-13)14(19)15-7-10-8-22-18-16-10/h2-6,8H,7H2,1H3,(H,15,19). The van der Waals surface area contributed by atoms with Gasteiger partial charge in [0.1, 0.15) is 5.75 Å². The molecule has 2 aromatic heterocycles. The number of aromatic nitrogens is 3. The molecule has 0 aliphatic heterocycles. The average Bonchev–Trinajstić information content (AvgIpc) is 3.24.